The SMILES string of the molecule is Cc1cn([C@H]2C[C@H](CN)[C@H](O)[C@H]2O)c(=O)[nH]c1=O. The zero-order valence-electron chi connectivity index (χ0n) is 10.0. The average molecular weight is 255 g/mol. The fourth-order valence-corrected chi connectivity index (χ4v) is 2.44. The zero-order valence-corrected chi connectivity index (χ0v) is 10.0. The van der Waals surface area contributed by atoms with Crippen LogP contribution in [0.5, 0.6) is 0 Å². The molecule has 5 N–H and O–H groups in total. The molecule has 0 unspecified atom stereocenters. The number of aliphatic hydroxyl groups is 2. The molecule has 1 heterocycles. The van der Waals surface area contributed by atoms with Gasteiger partial charge in [0, 0.05) is 17.7 Å². The van der Waals surface area contributed by atoms with Gasteiger partial charge in [0.15, 0.2) is 0 Å². The van der Waals surface area contributed by atoms with Gasteiger partial charge >= 0.3 is 5.69 Å². The summed E-state index contributed by atoms with van der Waals surface area (Å²) in [5, 5.41) is 19.7. The first-order chi connectivity index (χ1) is 8.45. The number of aromatic nitrogens is 2. The molecule has 100 valence electrons. The molecule has 0 aromatic carbocycles. The van der Waals surface area contributed by atoms with Gasteiger partial charge in [-0.25, -0.2) is 4.79 Å². The van der Waals surface area contributed by atoms with Crippen LogP contribution in [0.15, 0.2) is 15.8 Å². The van der Waals surface area contributed by atoms with E-state index in [0.717, 1.165) is 0 Å². The second kappa shape index (κ2) is 4.68. The Labute approximate surface area is 103 Å². The molecule has 0 aliphatic heterocycles. The average Bonchev–Trinajstić information content (AvgIpc) is 2.61. The van der Waals surface area contributed by atoms with Crippen molar-refractivity contribution < 1.29 is 10.2 Å². The van der Waals surface area contributed by atoms with Gasteiger partial charge in [-0.15, -0.1) is 0 Å². The maximum atomic E-state index is 11.7. The van der Waals surface area contributed by atoms with E-state index in [1.165, 1.54) is 10.8 Å². The molecule has 0 amide bonds. The number of aromatic amines is 1. The van der Waals surface area contributed by atoms with E-state index in [0.29, 0.717) is 12.0 Å². The Bertz CT molecular complexity index is 550. The molecule has 1 aliphatic rings. The first kappa shape index (κ1) is 13.0. The summed E-state index contributed by atoms with van der Waals surface area (Å²) in [5.41, 5.74) is 4.86. The third-order valence-corrected chi connectivity index (χ3v) is 3.58. The molecule has 1 aliphatic carbocycles. The van der Waals surface area contributed by atoms with Crippen LogP contribution in [0.25, 0.3) is 0 Å². The van der Waals surface area contributed by atoms with Crippen LogP contribution in [0.1, 0.15) is 18.0 Å². The highest BCUT2D eigenvalue weighted by Crippen LogP contribution is 2.33. The number of hydrogen-bond donors (Lipinski definition) is 4. The van der Waals surface area contributed by atoms with Crippen molar-refractivity contribution in [3.05, 3.63) is 32.6 Å². The maximum Gasteiger partial charge on any atom is 0.328 e. The van der Waals surface area contributed by atoms with Gasteiger partial charge in [0.2, 0.25) is 0 Å². The van der Waals surface area contributed by atoms with Gasteiger partial charge in [-0.05, 0) is 19.9 Å². The van der Waals surface area contributed by atoms with Crippen molar-refractivity contribution in [1.29, 1.82) is 0 Å². The standard InChI is InChI=1S/C11H17N3O4/c1-5-4-14(11(18)13-10(5)17)7-2-6(3-12)8(15)9(7)16/h4,6-9,15-16H,2-3,12H2,1H3,(H,13,17,18)/t6-,7+,8+,9+/m1/s1. The molecule has 7 nitrogen and oxygen atoms in total. The number of aryl methyl sites for hydroxylation is 1. The van der Waals surface area contributed by atoms with E-state index < -0.39 is 29.5 Å². The van der Waals surface area contributed by atoms with Crippen LogP contribution in [0.4, 0.5) is 0 Å². The topological polar surface area (TPSA) is 121 Å². The van der Waals surface area contributed by atoms with Gasteiger partial charge in [0.05, 0.1) is 12.1 Å². The van der Waals surface area contributed by atoms with Crippen LogP contribution in [-0.4, -0.2) is 38.5 Å². The predicted molar refractivity (Wildman–Crippen MR) is 64.3 cm³/mol. The first-order valence-corrected chi connectivity index (χ1v) is 5.84. The first-order valence-electron chi connectivity index (χ1n) is 5.84. The Balaban J connectivity index is 2.42. The normalized spacial score (nSPS) is 31.8. The van der Waals surface area contributed by atoms with Crippen LogP contribution in [0.3, 0.4) is 0 Å². The molecule has 1 aromatic heterocycles. The number of H-pyrrole nitrogens is 1. The van der Waals surface area contributed by atoms with Crippen molar-refractivity contribution in [3.8, 4) is 0 Å². The van der Waals surface area contributed by atoms with Crippen molar-refractivity contribution in [2.75, 3.05) is 6.54 Å². The lowest BCUT2D eigenvalue weighted by Gasteiger charge is -2.18. The van der Waals surface area contributed by atoms with E-state index in [2.05, 4.69) is 4.98 Å². The molecule has 0 saturated heterocycles. The highest BCUT2D eigenvalue weighted by Gasteiger charge is 2.42. The fourth-order valence-electron chi connectivity index (χ4n) is 2.44. The smallest absolute Gasteiger partial charge is 0.328 e. The molecule has 0 bridgehead atoms. The van der Waals surface area contributed by atoms with E-state index >= 15 is 0 Å². The predicted octanol–water partition coefficient (Wildman–Crippen LogP) is -1.91. The fraction of sp³-hybridized carbons (Fsp3) is 0.636. The summed E-state index contributed by atoms with van der Waals surface area (Å²) in [4.78, 5) is 25.2. The Hall–Kier alpha value is -1.44. The monoisotopic (exact) mass is 255 g/mol. The van der Waals surface area contributed by atoms with E-state index in [4.69, 9.17) is 5.73 Å². The van der Waals surface area contributed by atoms with Crippen molar-refractivity contribution in [2.24, 2.45) is 11.7 Å². The van der Waals surface area contributed by atoms with Gasteiger partial charge < -0.3 is 15.9 Å². The second-order valence-electron chi connectivity index (χ2n) is 4.76. The lowest BCUT2D eigenvalue weighted by Crippen LogP contribution is -2.38. The Kier molecular flexibility index (Phi) is 3.38. The molecule has 7 heteroatoms. The number of rotatable bonds is 2. The minimum absolute atomic E-state index is 0.242. The van der Waals surface area contributed by atoms with E-state index in [1.54, 1.807) is 6.92 Å². The molecule has 1 saturated carbocycles. The van der Waals surface area contributed by atoms with Crippen molar-refractivity contribution in [1.82, 2.24) is 9.55 Å². The van der Waals surface area contributed by atoms with Gasteiger partial charge in [0.1, 0.15) is 6.10 Å². The number of nitrogens with zero attached hydrogens (tertiary/aromatic N) is 1. The zero-order chi connectivity index (χ0) is 13.4. The van der Waals surface area contributed by atoms with E-state index in [9.17, 15) is 19.8 Å². The van der Waals surface area contributed by atoms with Crippen LogP contribution < -0.4 is 17.0 Å². The van der Waals surface area contributed by atoms with E-state index in [1.807, 2.05) is 0 Å². The third kappa shape index (κ3) is 2.00. The molecule has 4 atom stereocenters. The summed E-state index contributed by atoms with van der Waals surface area (Å²) in [6.07, 6.45) is -0.189. The van der Waals surface area contributed by atoms with Crippen molar-refractivity contribution in [2.45, 2.75) is 31.6 Å². The minimum Gasteiger partial charge on any atom is -0.390 e. The van der Waals surface area contributed by atoms with E-state index in [-0.39, 0.29) is 12.5 Å². The molecular formula is C11H17N3O4. The Morgan fingerprint density at radius 2 is 2.11 bits per heavy atom. The highest BCUT2D eigenvalue weighted by molar-refractivity contribution is 5.04. The number of hydrogen-bond acceptors (Lipinski definition) is 5. The lowest BCUT2D eigenvalue weighted by molar-refractivity contribution is 0.00697. The summed E-state index contributed by atoms with van der Waals surface area (Å²) < 4.78 is 1.26. The van der Waals surface area contributed by atoms with Gasteiger partial charge in [-0.1, -0.05) is 0 Å². The summed E-state index contributed by atoms with van der Waals surface area (Å²) in [5.74, 6) is -0.246. The van der Waals surface area contributed by atoms with Crippen LogP contribution >= 0.6 is 0 Å². The summed E-state index contributed by atoms with van der Waals surface area (Å²) in [7, 11) is 0. The Morgan fingerprint density at radius 3 is 2.67 bits per heavy atom. The van der Waals surface area contributed by atoms with Crippen molar-refractivity contribution >= 4 is 0 Å². The number of nitrogens with one attached hydrogen (secondary N) is 1. The molecule has 2 rings (SSSR count). The summed E-state index contributed by atoms with van der Waals surface area (Å²) in [6.45, 7) is 1.82. The minimum atomic E-state index is -1.05. The van der Waals surface area contributed by atoms with Crippen LogP contribution in [0.2, 0.25) is 0 Å². The lowest BCUT2D eigenvalue weighted by atomic mass is 10.1. The second-order valence-corrected chi connectivity index (χ2v) is 4.76. The van der Waals surface area contributed by atoms with Crippen LogP contribution in [-0.2, 0) is 0 Å². The molecule has 0 radical (unpaired) electrons. The summed E-state index contributed by atoms with van der Waals surface area (Å²) in [6, 6.07) is -0.559. The molecule has 1 fully saturated rings. The Morgan fingerprint density at radius 1 is 1.44 bits per heavy atom. The van der Waals surface area contributed by atoms with Gasteiger partial charge in [-0.3, -0.25) is 14.3 Å². The number of nitrogens with two attached hydrogens (primary N) is 1. The maximum absolute atomic E-state index is 11.7. The summed E-state index contributed by atoms with van der Waals surface area (Å²) >= 11 is 0. The quantitative estimate of drug-likeness (QED) is 0.491. The molecular weight excluding hydrogens is 238 g/mol. The largest absolute Gasteiger partial charge is 0.390 e. The van der Waals surface area contributed by atoms with Crippen molar-refractivity contribution in [3.63, 3.8) is 0 Å². The van der Waals surface area contributed by atoms with Gasteiger partial charge in [0.25, 0.3) is 5.56 Å². The molecule has 18 heavy (non-hydrogen) atoms. The molecule has 1 aromatic rings. The van der Waals surface area contributed by atoms with Crippen LogP contribution in [0, 0.1) is 12.8 Å². The molecule has 0 spiro atoms. The van der Waals surface area contributed by atoms with Gasteiger partial charge in [-0.2, -0.15) is 0 Å². The number of aliphatic hydroxyl groups excluding tert-OH is 2. The third-order valence-electron chi connectivity index (χ3n) is 3.58. The highest BCUT2D eigenvalue weighted by atomic mass is 16.3.